The van der Waals surface area contributed by atoms with Crippen molar-refractivity contribution in [1.82, 2.24) is 0 Å². The molecule has 1 atom stereocenters. The third-order valence-corrected chi connectivity index (χ3v) is 4.18. The van der Waals surface area contributed by atoms with E-state index in [-0.39, 0.29) is 18.3 Å². The van der Waals surface area contributed by atoms with E-state index >= 15 is 0 Å². The summed E-state index contributed by atoms with van der Waals surface area (Å²) in [6.45, 7) is 7.09. The van der Waals surface area contributed by atoms with Crippen LogP contribution in [0, 0.1) is 0 Å². The van der Waals surface area contributed by atoms with E-state index < -0.39 is 11.2 Å². The van der Waals surface area contributed by atoms with Gasteiger partial charge < -0.3 is 9.47 Å². The summed E-state index contributed by atoms with van der Waals surface area (Å²) in [5, 5.41) is -0.279. The molecule has 0 heterocycles. The zero-order valence-electron chi connectivity index (χ0n) is 12.2. The number of carbonyl (C=O) groups is 2. The highest BCUT2D eigenvalue weighted by Crippen LogP contribution is 2.28. The number of halogens is 2. The van der Waals surface area contributed by atoms with Gasteiger partial charge in [-0.05, 0) is 32.0 Å². The van der Waals surface area contributed by atoms with Gasteiger partial charge in [-0.1, -0.05) is 47.1 Å². The first-order valence-corrected chi connectivity index (χ1v) is 8.08. The molecule has 0 saturated heterocycles. The third-order valence-electron chi connectivity index (χ3n) is 2.44. The number of thioether (sulfide) groups is 1. The van der Waals surface area contributed by atoms with Crippen LogP contribution < -0.4 is 4.74 Å². The maximum atomic E-state index is 11.9. The highest BCUT2D eigenvalue weighted by molar-refractivity contribution is 8.14. The quantitative estimate of drug-likeness (QED) is 0.538. The van der Waals surface area contributed by atoms with Gasteiger partial charge in [0.15, 0.2) is 6.61 Å². The van der Waals surface area contributed by atoms with Gasteiger partial charge in [0.05, 0.1) is 11.6 Å². The molecular weight excluding hydrogens is 347 g/mol. The fraction of sp³-hybridized carbons (Fsp3) is 0.333. The molecule has 0 radical (unpaired) electrons. The number of hydrogen-bond donors (Lipinski definition) is 0. The van der Waals surface area contributed by atoms with Crippen LogP contribution in [0.4, 0.5) is 0 Å². The van der Waals surface area contributed by atoms with Crippen LogP contribution in [0.2, 0.25) is 10.0 Å². The Morgan fingerprint density at radius 3 is 2.59 bits per heavy atom. The molecule has 0 bridgehead atoms. The molecule has 0 aliphatic rings. The van der Waals surface area contributed by atoms with E-state index in [1.807, 2.05) is 0 Å². The predicted molar refractivity (Wildman–Crippen MR) is 89.8 cm³/mol. The van der Waals surface area contributed by atoms with Gasteiger partial charge >= 0.3 is 5.97 Å². The Labute approximate surface area is 143 Å². The highest BCUT2D eigenvalue weighted by Gasteiger charge is 2.25. The number of hydrogen-bond acceptors (Lipinski definition) is 5. The lowest BCUT2D eigenvalue weighted by Crippen LogP contribution is -2.24. The van der Waals surface area contributed by atoms with Gasteiger partial charge in [-0.2, -0.15) is 0 Å². The highest BCUT2D eigenvalue weighted by atomic mass is 35.5. The van der Waals surface area contributed by atoms with Gasteiger partial charge in [0.25, 0.3) is 0 Å². The molecule has 0 amide bonds. The summed E-state index contributed by atoms with van der Waals surface area (Å²) < 4.78 is 10.2. The molecule has 1 unspecified atom stereocenters. The number of carbonyl (C=O) groups excluding carboxylic acids is 2. The summed E-state index contributed by atoms with van der Waals surface area (Å²) in [7, 11) is 0. The molecule has 7 heteroatoms. The van der Waals surface area contributed by atoms with E-state index in [4.69, 9.17) is 32.7 Å². The molecule has 0 aliphatic heterocycles. The fourth-order valence-corrected chi connectivity index (χ4v) is 2.68. The summed E-state index contributed by atoms with van der Waals surface area (Å²) in [5.74, 6) is -0.138. The van der Waals surface area contributed by atoms with Crippen molar-refractivity contribution in [3.8, 4) is 5.75 Å². The summed E-state index contributed by atoms with van der Waals surface area (Å²) in [5.41, 5.74) is 0.543. The van der Waals surface area contributed by atoms with E-state index in [1.54, 1.807) is 26.0 Å². The smallest absolute Gasteiger partial charge is 0.323 e. The average Bonchev–Trinajstić information content (AvgIpc) is 2.43. The lowest BCUT2D eigenvalue weighted by atomic mass is 10.2. The maximum Gasteiger partial charge on any atom is 0.323 e. The molecular formula is C15H16Cl2O4S. The second-order valence-corrected chi connectivity index (χ2v) is 6.34. The maximum absolute atomic E-state index is 11.9. The first-order chi connectivity index (χ1) is 10.3. The van der Waals surface area contributed by atoms with Gasteiger partial charge in [0, 0.05) is 5.02 Å². The molecule has 1 aromatic carbocycles. The number of esters is 1. The van der Waals surface area contributed by atoms with Crippen molar-refractivity contribution < 1.29 is 19.1 Å². The first-order valence-electron chi connectivity index (χ1n) is 6.44. The van der Waals surface area contributed by atoms with E-state index in [0.717, 1.165) is 11.8 Å². The van der Waals surface area contributed by atoms with Crippen molar-refractivity contribution in [2.24, 2.45) is 0 Å². The van der Waals surface area contributed by atoms with Gasteiger partial charge in [-0.15, -0.1) is 0 Å². The van der Waals surface area contributed by atoms with Crippen LogP contribution in [0.25, 0.3) is 0 Å². The molecule has 22 heavy (non-hydrogen) atoms. The Morgan fingerprint density at radius 1 is 1.36 bits per heavy atom. The van der Waals surface area contributed by atoms with E-state index in [0.29, 0.717) is 21.4 Å². The first kappa shape index (κ1) is 18.9. The van der Waals surface area contributed by atoms with Crippen LogP contribution >= 0.6 is 35.0 Å². The standard InChI is InChI=1S/C15H16Cl2O4S/c1-4-20-15(19)14(9(2)3)22-13(18)8-21-12-6-5-10(16)7-11(12)17/h5-7,14H,2,4,8H2,1,3H3. The van der Waals surface area contributed by atoms with Gasteiger partial charge in [0.2, 0.25) is 5.12 Å². The second kappa shape index (κ2) is 9.08. The van der Waals surface area contributed by atoms with Crippen LogP contribution in [0.3, 0.4) is 0 Å². The summed E-state index contributed by atoms with van der Waals surface area (Å²) in [6.07, 6.45) is 0. The Kier molecular flexibility index (Phi) is 7.79. The molecule has 120 valence electrons. The molecule has 1 rings (SSSR count). The summed E-state index contributed by atoms with van der Waals surface area (Å²) >= 11 is 12.5. The van der Waals surface area contributed by atoms with E-state index in [2.05, 4.69) is 6.58 Å². The van der Waals surface area contributed by atoms with Crippen molar-refractivity contribution in [3.05, 3.63) is 40.4 Å². The van der Waals surface area contributed by atoms with E-state index in [9.17, 15) is 9.59 Å². The average molecular weight is 363 g/mol. The third kappa shape index (κ3) is 5.91. The van der Waals surface area contributed by atoms with Crippen LogP contribution in [-0.4, -0.2) is 29.5 Å². The van der Waals surface area contributed by atoms with Gasteiger partial charge in [0.1, 0.15) is 11.0 Å². The largest absolute Gasteiger partial charge is 0.483 e. The Morgan fingerprint density at radius 2 is 2.05 bits per heavy atom. The normalized spacial score (nSPS) is 11.6. The Hall–Kier alpha value is -1.17. The predicted octanol–water partition coefficient (Wildman–Crippen LogP) is 4.14. The second-order valence-electron chi connectivity index (χ2n) is 4.33. The molecule has 0 spiro atoms. The van der Waals surface area contributed by atoms with Crippen LogP contribution in [0.5, 0.6) is 5.75 Å². The van der Waals surface area contributed by atoms with Crippen molar-refractivity contribution in [3.63, 3.8) is 0 Å². The Bertz CT molecular complexity index is 575. The molecule has 1 aromatic rings. The van der Waals surface area contributed by atoms with Crippen molar-refractivity contribution >= 4 is 46.0 Å². The fourth-order valence-electron chi connectivity index (χ4n) is 1.46. The van der Waals surface area contributed by atoms with Crippen LogP contribution in [-0.2, 0) is 14.3 Å². The number of rotatable bonds is 7. The minimum atomic E-state index is -0.739. The topological polar surface area (TPSA) is 52.6 Å². The van der Waals surface area contributed by atoms with Crippen LogP contribution in [0.15, 0.2) is 30.4 Å². The molecule has 0 saturated carbocycles. The van der Waals surface area contributed by atoms with Gasteiger partial charge in [-0.25, -0.2) is 0 Å². The lowest BCUT2D eigenvalue weighted by Gasteiger charge is -2.14. The van der Waals surface area contributed by atoms with Crippen molar-refractivity contribution in [2.45, 2.75) is 19.1 Å². The zero-order valence-corrected chi connectivity index (χ0v) is 14.6. The van der Waals surface area contributed by atoms with Gasteiger partial charge in [-0.3, -0.25) is 9.59 Å². The van der Waals surface area contributed by atoms with Crippen LogP contribution in [0.1, 0.15) is 13.8 Å². The lowest BCUT2D eigenvalue weighted by molar-refractivity contribution is -0.141. The molecule has 0 aromatic heterocycles. The monoisotopic (exact) mass is 362 g/mol. The summed E-state index contributed by atoms with van der Waals surface area (Å²) in [6, 6.07) is 4.70. The Balaban J connectivity index is 2.60. The number of benzene rings is 1. The molecule has 0 fully saturated rings. The zero-order chi connectivity index (χ0) is 16.7. The summed E-state index contributed by atoms with van der Waals surface area (Å²) in [4.78, 5) is 23.7. The van der Waals surface area contributed by atoms with Crippen molar-refractivity contribution in [2.75, 3.05) is 13.2 Å². The molecule has 0 N–H and O–H groups in total. The molecule has 4 nitrogen and oxygen atoms in total. The van der Waals surface area contributed by atoms with Crippen molar-refractivity contribution in [1.29, 1.82) is 0 Å². The SMILES string of the molecule is C=C(C)C(SC(=O)COc1ccc(Cl)cc1Cl)C(=O)OCC. The number of ether oxygens (including phenoxy) is 2. The van der Waals surface area contributed by atoms with E-state index in [1.165, 1.54) is 6.07 Å². The minimum absolute atomic E-state index is 0.227. The molecule has 0 aliphatic carbocycles. The minimum Gasteiger partial charge on any atom is -0.483 e.